The molecule has 2 saturated heterocycles. The summed E-state index contributed by atoms with van der Waals surface area (Å²) in [7, 11) is -3.17. The van der Waals surface area contributed by atoms with Crippen LogP contribution in [-0.4, -0.2) is 55.1 Å². The second kappa shape index (κ2) is 8.60. The van der Waals surface area contributed by atoms with Crippen molar-refractivity contribution >= 4 is 10.0 Å². The van der Waals surface area contributed by atoms with E-state index >= 15 is 0 Å². The number of hydrogen-bond donors (Lipinski definition) is 0. The third kappa shape index (κ3) is 4.21. The highest BCUT2D eigenvalue weighted by Gasteiger charge is 2.44. The first kappa shape index (κ1) is 23.5. The van der Waals surface area contributed by atoms with Gasteiger partial charge in [-0.2, -0.15) is 13.2 Å². The van der Waals surface area contributed by atoms with E-state index in [1.807, 2.05) is 0 Å². The smallest absolute Gasteiger partial charge is 0.299 e. The van der Waals surface area contributed by atoms with Gasteiger partial charge in [-0.3, -0.25) is 4.90 Å². The lowest BCUT2D eigenvalue weighted by molar-refractivity contribution is -0.137. The lowest BCUT2D eigenvalue weighted by Crippen LogP contribution is -2.52. The van der Waals surface area contributed by atoms with E-state index in [9.17, 15) is 21.6 Å². The van der Waals surface area contributed by atoms with Gasteiger partial charge < -0.3 is 0 Å². The van der Waals surface area contributed by atoms with E-state index in [1.165, 1.54) is 29.7 Å². The molecule has 4 nitrogen and oxygen atoms in total. The lowest BCUT2D eigenvalue weighted by atomic mass is 9.85. The van der Waals surface area contributed by atoms with Crippen LogP contribution in [0, 0.1) is 0 Å². The maximum atomic E-state index is 13.3. The van der Waals surface area contributed by atoms with Gasteiger partial charge in [-0.05, 0) is 73.5 Å². The molecule has 0 aromatic heterocycles. The Balaban J connectivity index is 1.24. The van der Waals surface area contributed by atoms with Crippen molar-refractivity contribution in [2.24, 2.45) is 0 Å². The minimum atomic E-state index is -4.34. The number of nitrogens with zero attached hydrogens (tertiary/aromatic N) is 2. The zero-order valence-electron chi connectivity index (χ0n) is 19.7. The van der Waals surface area contributed by atoms with Gasteiger partial charge in [0.1, 0.15) is 0 Å². The Morgan fingerprint density at radius 3 is 2.37 bits per heavy atom. The number of rotatable bonds is 6. The third-order valence-corrected chi connectivity index (χ3v) is 11.0. The van der Waals surface area contributed by atoms with E-state index in [-0.39, 0.29) is 17.1 Å². The average Bonchev–Trinajstić information content (AvgIpc) is 3.00. The third-order valence-electron chi connectivity index (χ3n) is 8.69. The Bertz CT molecular complexity index is 1220. The van der Waals surface area contributed by atoms with E-state index in [2.05, 4.69) is 23.1 Å². The summed E-state index contributed by atoms with van der Waals surface area (Å²) in [6.45, 7) is 3.15. The van der Waals surface area contributed by atoms with E-state index in [1.54, 1.807) is 10.4 Å². The zero-order chi connectivity index (χ0) is 24.4. The van der Waals surface area contributed by atoms with Crippen molar-refractivity contribution in [3.8, 4) is 0 Å². The van der Waals surface area contributed by atoms with E-state index in [0.29, 0.717) is 25.6 Å². The molecule has 2 aromatic carbocycles. The summed E-state index contributed by atoms with van der Waals surface area (Å²) < 4.78 is 67.0. The Labute approximate surface area is 205 Å². The number of likely N-dealkylation sites (tertiary alicyclic amines) is 1. The van der Waals surface area contributed by atoms with E-state index in [0.717, 1.165) is 56.0 Å². The van der Waals surface area contributed by atoms with E-state index < -0.39 is 21.8 Å². The van der Waals surface area contributed by atoms with Crippen LogP contribution >= 0.6 is 0 Å². The van der Waals surface area contributed by atoms with Gasteiger partial charge in [0.05, 0.1) is 10.8 Å². The van der Waals surface area contributed by atoms with Gasteiger partial charge in [-0.25, -0.2) is 12.7 Å². The molecule has 188 valence electrons. The SMILES string of the molecule is O=S(=O)(C1CCC1)N1CC(c2ccc3c(c2)C(Cc2cccc(C(F)(F)F)c2)C(N2CCC2)C3)C1. The number of fused-ring (bicyclic) bond motifs is 1. The first-order valence-electron chi connectivity index (χ1n) is 12.7. The summed E-state index contributed by atoms with van der Waals surface area (Å²) in [4.78, 5) is 2.47. The Hall–Kier alpha value is -1.90. The van der Waals surface area contributed by atoms with Crippen LogP contribution in [0.5, 0.6) is 0 Å². The van der Waals surface area contributed by atoms with Crippen LogP contribution < -0.4 is 0 Å². The number of halogens is 3. The van der Waals surface area contributed by atoms with E-state index in [4.69, 9.17) is 0 Å². The van der Waals surface area contributed by atoms with Crippen LogP contribution in [0.4, 0.5) is 13.2 Å². The maximum absolute atomic E-state index is 13.3. The number of hydrogen-bond acceptors (Lipinski definition) is 3. The quantitative estimate of drug-likeness (QED) is 0.559. The van der Waals surface area contributed by atoms with Crippen molar-refractivity contribution in [3.63, 3.8) is 0 Å². The lowest BCUT2D eigenvalue weighted by Gasteiger charge is -2.42. The fourth-order valence-electron chi connectivity index (χ4n) is 6.14. The first-order valence-corrected chi connectivity index (χ1v) is 14.2. The highest BCUT2D eigenvalue weighted by atomic mass is 32.2. The number of benzene rings is 2. The molecule has 8 heteroatoms. The fourth-order valence-corrected chi connectivity index (χ4v) is 8.27. The van der Waals surface area contributed by atoms with Gasteiger partial charge in [0.2, 0.25) is 10.0 Å². The van der Waals surface area contributed by atoms with Gasteiger partial charge in [0.15, 0.2) is 0 Å². The van der Waals surface area contributed by atoms with Crippen LogP contribution in [0.25, 0.3) is 0 Å². The van der Waals surface area contributed by atoms with Crippen molar-refractivity contribution in [2.75, 3.05) is 26.2 Å². The molecule has 0 spiro atoms. The maximum Gasteiger partial charge on any atom is 0.416 e. The molecule has 1 saturated carbocycles. The fraction of sp³-hybridized carbons (Fsp3) is 0.556. The van der Waals surface area contributed by atoms with Crippen LogP contribution in [0.1, 0.15) is 65.3 Å². The van der Waals surface area contributed by atoms with Crippen molar-refractivity contribution in [3.05, 3.63) is 70.3 Å². The molecule has 0 N–H and O–H groups in total. The molecule has 2 unspecified atom stereocenters. The molecule has 2 aromatic rings. The average molecular weight is 505 g/mol. The van der Waals surface area contributed by atoms with Crippen LogP contribution in [0.15, 0.2) is 42.5 Å². The predicted octanol–water partition coefficient (Wildman–Crippen LogP) is 4.94. The van der Waals surface area contributed by atoms with Crippen molar-refractivity contribution in [1.82, 2.24) is 9.21 Å². The van der Waals surface area contributed by atoms with Gasteiger partial charge in [0.25, 0.3) is 0 Å². The number of alkyl halides is 3. The van der Waals surface area contributed by atoms with Crippen molar-refractivity contribution in [1.29, 1.82) is 0 Å². The first-order chi connectivity index (χ1) is 16.7. The topological polar surface area (TPSA) is 40.6 Å². The Morgan fingerprint density at radius 1 is 0.971 bits per heavy atom. The van der Waals surface area contributed by atoms with Crippen LogP contribution in [0.2, 0.25) is 0 Å². The number of sulfonamides is 1. The molecule has 2 aliphatic carbocycles. The summed E-state index contributed by atoms with van der Waals surface area (Å²) in [5, 5.41) is -0.197. The normalized spacial score (nSPS) is 26.1. The molecule has 3 fully saturated rings. The molecule has 0 radical (unpaired) electrons. The summed E-state index contributed by atoms with van der Waals surface area (Å²) in [5.41, 5.74) is 3.79. The molecule has 0 bridgehead atoms. The minimum Gasteiger partial charge on any atom is -0.299 e. The largest absolute Gasteiger partial charge is 0.416 e. The highest BCUT2D eigenvalue weighted by molar-refractivity contribution is 7.89. The second-order valence-electron chi connectivity index (χ2n) is 10.7. The Kier molecular flexibility index (Phi) is 5.77. The molecule has 4 aliphatic rings. The molecule has 2 atom stereocenters. The van der Waals surface area contributed by atoms with Crippen molar-refractivity contribution < 1.29 is 21.6 Å². The minimum absolute atomic E-state index is 0.142. The van der Waals surface area contributed by atoms with Gasteiger partial charge >= 0.3 is 6.18 Å². The molecule has 35 heavy (non-hydrogen) atoms. The van der Waals surface area contributed by atoms with Gasteiger partial charge in [-0.1, -0.05) is 42.8 Å². The molecular weight excluding hydrogens is 473 g/mol. The van der Waals surface area contributed by atoms with Gasteiger partial charge in [-0.15, -0.1) is 0 Å². The Morgan fingerprint density at radius 2 is 1.74 bits per heavy atom. The molecule has 0 amide bonds. The highest BCUT2D eigenvalue weighted by Crippen LogP contribution is 2.43. The summed E-state index contributed by atoms with van der Waals surface area (Å²) >= 11 is 0. The molecule has 2 heterocycles. The van der Waals surface area contributed by atoms with Crippen LogP contribution in [0.3, 0.4) is 0 Å². The van der Waals surface area contributed by atoms with Crippen molar-refractivity contribution in [2.45, 2.75) is 67.8 Å². The van der Waals surface area contributed by atoms with Crippen LogP contribution in [-0.2, 0) is 29.0 Å². The molecule has 6 rings (SSSR count). The van der Waals surface area contributed by atoms with Gasteiger partial charge in [0, 0.05) is 31.0 Å². The summed E-state index contributed by atoms with van der Waals surface area (Å²) in [6, 6.07) is 12.6. The zero-order valence-corrected chi connectivity index (χ0v) is 20.5. The second-order valence-corrected chi connectivity index (χ2v) is 13.0. The molecule has 2 aliphatic heterocycles. The summed E-state index contributed by atoms with van der Waals surface area (Å²) in [6.07, 6.45) is 0.873. The standard InChI is InChI=1S/C27H31F3N2O2S/c28-27(29,30)22-5-1-4-18(12-22)13-25-24-14-19(8-9-20(24)15-26(25)31-10-3-11-31)21-16-32(17-21)35(33,34)23-6-2-7-23/h1,4-5,8-9,12,14,21,23,25-26H,2-3,6-7,10-11,13,15-17H2. The summed E-state index contributed by atoms with van der Waals surface area (Å²) in [5.74, 6) is 0.330. The monoisotopic (exact) mass is 504 g/mol. The predicted molar refractivity (Wildman–Crippen MR) is 129 cm³/mol. The molecular formula is C27H31F3N2O2S.